The molecule has 3 heterocycles. The van der Waals surface area contributed by atoms with Gasteiger partial charge in [0.2, 0.25) is 5.91 Å². The molecule has 2 aromatic carbocycles. The molecule has 0 atom stereocenters. The Balaban J connectivity index is 1.24. The van der Waals surface area contributed by atoms with E-state index in [2.05, 4.69) is 24.0 Å². The first-order chi connectivity index (χ1) is 20.6. The molecule has 0 unspecified atom stereocenters. The average molecular weight is 587 g/mol. The van der Waals surface area contributed by atoms with Crippen LogP contribution in [0.4, 0.5) is 5.82 Å². The van der Waals surface area contributed by atoms with Gasteiger partial charge in [-0.3, -0.25) is 4.79 Å². The number of carbonyl (C=O) groups is 1. The SMILES string of the molecule is CCCCCCCCCCCC(=O)N1CCN(c2nc(Cc3ccccc3)nc3c2cnn3-c2cccc(Cl)c2)CC1. The van der Waals surface area contributed by atoms with Crippen LogP contribution in [-0.4, -0.2) is 56.7 Å². The Morgan fingerprint density at radius 1 is 0.833 bits per heavy atom. The van der Waals surface area contributed by atoms with Gasteiger partial charge >= 0.3 is 0 Å². The Labute approximate surface area is 254 Å². The number of halogens is 1. The highest BCUT2D eigenvalue weighted by molar-refractivity contribution is 6.30. The standard InChI is InChI=1S/C34H43ClN6O/c1-2-3-4-5-6-7-8-9-13-19-32(42)39-20-22-40(23-21-39)33-30-26-36-41(29-18-14-17-28(35)25-29)34(30)38-31(37-33)24-27-15-11-10-12-16-27/h10-12,14-18,25-26H,2-9,13,19-24H2,1H3. The number of aromatic nitrogens is 4. The fraction of sp³-hybridized carbons (Fsp3) is 0.471. The molecule has 222 valence electrons. The van der Waals surface area contributed by atoms with Gasteiger partial charge in [0.15, 0.2) is 5.65 Å². The van der Waals surface area contributed by atoms with Crippen molar-refractivity contribution in [1.29, 1.82) is 0 Å². The minimum atomic E-state index is 0.281. The third-order valence-electron chi connectivity index (χ3n) is 8.14. The number of amides is 1. The van der Waals surface area contributed by atoms with Crippen molar-refractivity contribution in [3.8, 4) is 5.69 Å². The third kappa shape index (κ3) is 7.88. The Morgan fingerprint density at radius 2 is 1.55 bits per heavy atom. The number of anilines is 1. The number of hydrogen-bond acceptors (Lipinski definition) is 5. The van der Waals surface area contributed by atoms with Gasteiger partial charge in [-0.05, 0) is 30.2 Å². The summed E-state index contributed by atoms with van der Waals surface area (Å²) in [7, 11) is 0. The quantitative estimate of drug-likeness (QED) is 0.142. The zero-order valence-corrected chi connectivity index (χ0v) is 25.6. The van der Waals surface area contributed by atoms with Crippen molar-refractivity contribution in [2.45, 2.75) is 77.6 Å². The second-order valence-electron chi connectivity index (χ2n) is 11.3. The molecule has 8 heteroatoms. The molecule has 1 aliphatic heterocycles. The minimum Gasteiger partial charge on any atom is -0.352 e. The van der Waals surface area contributed by atoms with Crippen molar-refractivity contribution in [2.75, 3.05) is 31.1 Å². The first-order valence-electron chi connectivity index (χ1n) is 15.7. The van der Waals surface area contributed by atoms with Crippen LogP contribution in [0.5, 0.6) is 0 Å². The lowest BCUT2D eigenvalue weighted by Gasteiger charge is -2.35. The smallest absolute Gasteiger partial charge is 0.222 e. The molecule has 0 aliphatic carbocycles. The van der Waals surface area contributed by atoms with E-state index in [4.69, 9.17) is 26.7 Å². The van der Waals surface area contributed by atoms with Gasteiger partial charge in [-0.1, -0.05) is 106 Å². The third-order valence-corrected chi connectivity index (χ3v) is 8.37. The summed E-state index contributed by atoms with van der Waals surface area (Å²) in [5.41, 5.74) is 2.78. The molecule has 1 fully saturated rings. The van der Waals surface area contributed by atoms with E-state index < -0.39 is 0 Å². The molecule has 0 N–H and O–H groups in total. The highest BCUT2D eigenvalue weighted by Gasteiger charge is 2.25. The minimum absolute atomic E-state index is 0.281. The summed E-state index contributed by atoms with van der Waals surface area (Å²) in [5.74, 6) is 1.91. The molecule has 2 aromatic heterocycles. The monoisotopic (exact) mass is 586 g/mol. The van der Waals surface area contributed by atoms with E-state index in [0.29, 0.717) is 31.0 Å². The van der Waals surface area contributed by atoms with Crippen molar-refractivity contribution in [2.24, 2.45) is 0 Å². The second-order valence-corrected chi connectivity index (χ2v) is 11.8. The predicted octanol–water partition coefficient (Wildman–Crippen LogP) is 7.63. The summed E-state index contributed by atoms with van der Waals surface area (Å²) in [6, 6.07) is 17.9. The maximum Gasteiger partial charge on any atom is 0.222 e. The van der Waals surface area contributed by atoms with Gasteiger partial charge in [0.05, 0.1) is 17.3 Å². The van der Waals surface area contributed by atoms with Gasteiger partial charge in [-0.15, -0.1) is 0 Å². The van der Waals surface area contributed by atoms with E-state index in [1.165, 1.54) is 44.9 Å². The highest BCUT2D eigenvalue weighted by atomic mass is 35.5. The van der Waals surface area contributed by atoms with Crippen molar-refractivity contribution in [3.05, 3.63) is 77.2 Å². The highest BCUT2D eigenvalue weighted by Crippen LogP contribution is 2.28. The number of benzene rings is 2. The molecule has 1 aliphatic rings. The summed E-state index contributed by atoms with van der Waals surface area (Å²) in [5, 5.41) is 6.25. The van der Waals surface area contributed by atoms with Crippen LogP contribution < -0.4 is 4.90 Å². The van der Waals surface area contributed by atoms with Gasteiger partial charge in [0, 0.05) is 44.0 Å². The van der Waals surface area contributed by atoms with Crippen LogP contribution in [0.3, 0.4) is 0 Å². The summed E-state index contributed by atoms with van der Waals surface area (Å²) in [4.78, 5) is 27.3. The number of piperazine rings is 1. The average Bonchev–Trinajstić information content (AvgIpc) is 3.44. The molecular weight excluding hydrogens is 544 g/mol. The maximum absolute atomic E-state index is 13.0. The Kier molecular flexibility index (Phi) is 10.8. The topological polar surface area (TPSA) is 67.2 Å². The number of rotatable bonds is 14. The predicted molar refractivity (Wildman–Crippen MR) is 172 cm³/mol. The molecule has 1 amide bonds. The molecule has 7 nitrogen and oxygen atoms in total. The van der Waals surface area contributed by atoms with Crippen molar-refractivity contribution >= 4 is 34.4 Å². The van der Waals surface area contributed by atoms with E-state index in [9.17, 15) is 4.79 Å². The largest absolute Gasteiger partial charge is 0.352 e. The van der Waals surface area contributed by atoms with Crippen molar-refractivity contribution in [1.82, 2.24) is 24.6 Å². The van der Waals surface area contributed by atoms with Crippen LogP contribution in [0.1, 0.15) is 82.5 Å². The number of unbranched alkanes of at least 4 members (excludes halogenated alkanes) is 8. The summed E-state index contributed by atoms with van der Waals surface area (Å²) in [6.45, 7) is 5.15. The Hall–Kier alpha value is -3.45. The van der Waals surface area contributed by atoms with Gasteiger partial charge in [0.25, 0.3) is 0 Å². The fourth-order valence-electron chi connectivity index (χ4n) is 5.75. The zero-order valence-electron chi connectivity index (χ0n) is 24.8. The van der Waals surface area contributed by atoms with Crippen LogP contribution in [0.15, 0.2) is 60.8 Å². The van der Waals surface area contributed by atoms with E-state index in [-0.39, 0.29) is 5.91 Å². The Morgan fingerprint density at radius 3 is 2.26 bits per heavy atom. The lowest BCUT2D eigenvalue weighted by atomic mass is 10.1. The van der Waals surface area contributed by atoms with E-state index in [0.717, 1.165) is 59.9 Å². The van der Waals surface area contributed by atoms with E-state index in [1.807, 2.05) is 58.2 Å². The Bertz CT molecular complexity index is 1430. The maximum atomic E-state index is 13.0. The molecular formula is C34H43ClN6O. The normalized spacial score (nSPS) is 13.7. The number of nitrogens with zero attached hydrogens (tertiary/aromatic N) is 6. The van der Waals surface area contributed by atoms with E-state index in [1.54, 1.807) is 0 Å². The number of hydrogen-bond donors (Lipinski definition) is 0. The van der Waals surface area contributed by atoms with Crippen LogP contribution >= 0.6 is 11.6 Å². The summed E-state index contributed by atoms with van der Waals surface area (Å²) in [6.07, 6.45) is 14.5. The first kappa shape index (κ1) is 30.0. The molecule has 4 aromatic rings. The van der Waals surface area contributed by atoms with Crippen LogP contribution in [0, 0.1) is 0 Å². The molecule has 0 radical (unpaired) electrons. The van der Waals surface area contributed by atoms with Gasteiger partial charge < -0.3 is 9.80 Å². The molecule has 5 rings (SSSR count). The zero-order chi connectivity index (χ0) is 29.1. The number of carbonyl (C=O) groups excluding carboxylic acids is 1. The van der Waals surface area contributed by atoms with Crippen LogP contribution in [-0.2, 0) is 11.2 Å². The van der Waals surface area contributed by atoms with Gasteiger partial charge in [-0.25, -0.2) is 14.6 Å². The molecule has 42 heavy (non-hydrogen) atoms. The lowest BCUT2D eigenvalue weighted by molar-refractivity contribution is -0.131. The summed E-state index contributed by atoms with van der Waals surface area (Å²) < 4.78 is 1.84. The number of fused-ring (bicyclic) bond motifs is 1. The van der Waals surface area contributed by atoms with Crippen LogP contribution in [0.2, 0.25) is 5.02 Å². The van der Waals surface area contributed by atoms with E-state index >= 15 is 0 Å². The fourth-order valence-corrected chi connectivity index (χ4v) is 5.93. The summed E-state index contributed by atoms with van der Waals surface area (Å²) >= 11 is 6.30. The van der Waals surface area contributed by atoms with Gasteiger partial charge in [0.1, 0.15) is 11.6 Å². The molecule has 0 saturated carbocycles. The molecule has 0 spiro atoms. The first-order valence-corrected chi connectivity index (χ1v) is 16.1. The van der Waals surface area contributed by atoms with Crippen molar-refractivity contribution in [3.63, 3.8) is 0 Å². The van der Waals surface area contributed by atoms with Crippen LogP contribution in [0.25, 0.3) is 16.7 Å². The molecule has 0 bridgehead atoms. The van der Waals surface area contributed by atoms with Gasteiger partial charge in [-0.2, -0.15) is 5.10 Å². The second kappa shape index (κ2) is 15.1. The van der Waals surface area contributed by atoms with Crippen molar-refractivity contribution < 1.29 is 4.79 Å². The lowest BCUT2D eigenvalue weighted by Crippen LogP contribution is -2.49. The molecule has 1 saturated heterocycles.